The van der Waals surface area contributed by atoms with E-state index in [0.717, 1.165) is 11.3 Å². The summed E-state index contributed by atoms with van der Waals surface area (Å²) in [6.07, 6.45) is 1.04. The van der Waals surface area contributed by atoms with E-state index < -0.39 is 22.0 Å². The van der Waals surface area contributed by atoms with Gasteiger partial charge in [-0.05, 0) is 18.6 Å². The molecule has 2 fully saturated rings. The van der Waals surface area contributed by atoms with Crippen molar-refractivity contribution in [2.75, 3.05) is 6.54 Å². The van der Waals surface area contributed by atoms with Crippen molar-refractivity contribution >= 4 is 27.3 Å². The Balaban J connectivity index is 1.93. The number of aryl methyl sites for hydroxylation is 1. The van der Waals surface area contributed by atoms with Gasteiger partial charge in [0.05, 0.1) is 6.54 Å². The Morgan fingerprint density at radius 1 is 1.50 bits per heavy atom. The number of carbonyl (C=O) groups is 1. The number of morpholine rings is 1. The summed E-state index contributed by atoms with van der Waals surface area (Å²) < 4.78 is 31.5. The van der Waals surface area contributed by atoms with Gasteiger partial charge in [0.15, 0.2) is 0 Å². The number of hydrogen-bond acceptors (Lipinski definition) is 5. The predicted octanol–water partition coefficient (Wildman–Crippen LogP) is 0.999. The van der Waals surface area contributed by atoms with Crippen molar-refractivity contribution in [3.05, 3.63) is 17.0 Å². The highest BCUT2D eigenvalue weighted by Crippen LogP contribution is 2.35. The summed E-state index contributed by atoms with van der Waals surface area (Å²) in [6.45, 7) is 2.27. The Hall–Kier alpha value is -0.920. The zero-order chi connectivity index (χ0) is 12.9. The minimum atomic E-state index is -3.54. The second kappa shape index (κ2) is 4.04. The molecule has 0 aliphatic carbocycles. The van der Waals surface area contributed by atoms with Crippen LogP contribution in [0, 0.1) is 0 Å². The van der Waals surface area contributed by atoms with E-state index in [1.807, 2.05) is 13.0 Å². The number of rotatable bonds is 3. The molecule has 3 rings (SSSR count). The van der Waals surface area contributed by atoms with E-state index in [0.29, 0.717) is 10.6 Å². The third-order valence-electron chi connectivity index (χ3n) is 3.32. The van der Waals surface area contributed by atoms with Crippen LogP contribution in [0.2, 0.25) is 0 Å². The van der Waals surface area contributed by atoms with Crippen LogP contribution in [0.15, 0.2) is 16.3 Å². The third-order valence-corrected chi connectivity index (χ3v) is 6.89. The highest BCUT2D eigenvalue weighted by atomic mass is 32.2. The summed E-state index contributed by atoms with van der Waals surface area (Å²) in [5.74, 6) is -0.415. The number of thiophene rings is 1. The van der Waals surface area contributed by atoms with Gasteiger partial charge in [0.1, 0.15) is 16.4 Å². The summed E-state index contributed by atoms with van der Waals surface area (Å²) in [7, 11) is -3.54. The summed E-state index contributed by atoms with van der Waals surface area (Å²) in [5.41, 5.74) is 0. The van der Waals surface area contributed by atoms with Crippen molar-refractivity contribution in [2.45, 2.75) is 36.1 Å². The molecule has 3 heterocycles. The Morgan fingerprint density at radius 3 is 2.83 bits per heavy atom. The normalized spacial score (nSPS) is 27.7. The maximum Gasteiger partial charge on any atom is 0.324 e. The van der Waals surface area contributed by atoms with E-state index in [1.54, 1.807) is 6.07 Å². The van der Waals surface area contributed by atoms with Crippen LogP contribution in [0.4, 0.5) is 0 Å². The van der Waals surface area contributed by atoms with Crippen LogP contribution in [0.3, 0.4) is 0 Å². The first-order chi connectivity index (χ1) is 8.52. The van der Waals surface area contributed by atoms with Gasteiger partial charge in [-0.25, -0.2) is 8.42 Å². The topological polar surface area (TPSA) is 63.7 Å². The molecule has 2 aliphatic heterocycles. The van der Waals surface area contributed by atoms with E-state index in [1.165, 1.54) is 15.6 Å². The Bertz CT molecular complexity index is 592. The molecule has 0 saturated carbocycles. The fraction of sp³-hybridized carbons (Fsp3) is 0.545. The van der Waals surface area contributed by atoms with Crippen molar-refractivity contribution in [1.29, 1.82) is 0 Å². The number of hydrogen-bond donors (Lipinski definition) is 0. The van der Waals surface area contributed by atoms with Gasteiger partial charge >= 0.3 is 5.97 Å². The molecular weight excluding hydrogens is 274 g/mol. The lowest BCUT2D eigenvalue weighted by Gasteiger charge is -2.24. The van der Waals surface area contributed by atoms with E-state index in [9.17, 15) is 13.2 Å². The molecule has 0 N–H and O–H groups in total. The largest absolute Gasteiger partial charge is 0.460 e. The van der Waals surface area contributed by atoms with Crippen LogP contribution in [0.5, 0.6) is 0 Å². The van der Waals surface area contributed by atoms with Gasteiger partial charge in [-0.1, -0.05) is 6.92 Å². The second-order valence-electron chi connectivity index (χ2n) is 4.46. The van der Waals surface area contributed by atoms with Gasteiger partial charge in [-0.2, -0.15) is 4.31 Å². The average Bonchev–Trinajstić information content (AvgIpc) is 3.02. The lowest BCUT2D eigenvalue weighted by atomic mass is 10.2. The van der Waals surface area contributed by atoms with Gasteiger partial charge in [-0.15, -0.1) is 11.3 Å². The third kappa shape index (κ3) is 1.69. The fourth-order valence-electron chi connectivity index (χ4n) is 2.38. The molecule has 1 aromatic rings. The van der Waals surface area contributed by atoms with Crippen LogP contribution < -0.4 is 0 Å². The summed E-state index contributed by atoms with van der Waals surface area (Å²) in [5, 5.41) is 0. The van der Waals surface area contributed by atoms with Crippen molar-refractivity contribution in [3.8, 4) is 0 Å². The molecule has 0 unspecified atom stereocenters. The maximum atomic E-state index is 12.4. The summed E-state index contributed by atoms with van der Waals surface area (Å²) in [4.78, 5) is 12.5. The van der Waals surface area contributed by atoms with E-state index in [-0.39, 0.29) is 12.6 Å². The molecule has 0 spiro atoms. The van der Waals surface area contributed by atoms with Crippen molar-refractivity contribution in [1.82, 2.24) is 4.31 Å². The molecule has 0 radical (unpaired) electrons. The standard InChI is InChI=1S/C11H13NO4S2/c1-2-8-3-4-10(17-8)18(14,15)12-6-7-5-9(12)11(13)16-7/h3-4,7,9H,2,5-6H2,1H3/t7-,9+/m1/s1. The minimum Gasteiger partial charge on any atom is -0.460 e. The highest BCUT2D eigenvalue weighted by molar-refractivity contribution is 7.91. The molecular formula is C11H13NO4S2. The lowest BCUT2D eigenvalue weighted by Crippen LogP contribution is -2.43. The van der Waals surface area contributed by atoms with Gasteiger partial charge in [-0.3, -0.25) is 4.79 Å². The first kappa shape index (κ1) is 12.1. The van der Waals surface area contributed by atoms with Gasteiger partial charge < -0.3 is 4.74 Å². The maximum absolute atomic E-state index is 12.4. The van der Waals surface area contributed by atoms with Crippen molar-refractivity contribution in [3.63, 3.8) is 0 Å². The van der Waals surface area contributed by atoms with Gasteiger partial charge in [0.25, 0.3) is 10.0 Å². The quantitative estimate of drug-likeness (QED) is 0.778. The molecule has 18 heavy (non-hydrogen) atoms. The number of sulfonamides is 1. The molecule has 2 aliphatic rings. The van der Waals surface area contributed by atoms with Crippen LogP contribution in [-0.2, 0) is 26.0 Å². The zero-order valence-corrected chi connectivity index (χ0v) is 11.5. The first-order valence-corrected chi connectivity index (χ1v) is 8.09. The second-order valence-corrected chi connectivity index (χ2v) is 7.75. The zero-order valence-electron chi connectivity index (χ0n) is 9.83. The van der Waals surface area contributed by atoms with Gasteiger partial charge in [0.2, 0.25) is 0 Å². The van der Waals surface area contributed by atoms with Gasteiger partial charge in [0, 0.05) is 11.3 Å². The smallest absolute Gasteiger partial charge is 0.324 e. The molecule has 2 bridgehead atoms. The Kier molecular flexibility index (Phi) is 2.72. The van der Waals surface area contributed by atoms with Crippen molar-refractivity contribution < 1.29 is 17.9 Å². The molecule has 1 aromatic heterocycles. The van der Waals surface area contributed by atoms with Crippen LogP contribution >= 0.6 is 11.3 Å². The molecule has 0 aromatic carbocycles. The van der Waals surface area contributed by atoms with Crippen LogP contribution in [0.1, 0.15) is 18.2 Å². The Morgan fingerprint density at radius 2 is 2.28 bits per heavy atom. The fourth-order valence-corrected chi connectivity index (χ4v) is 5.42. The van der Waals surface area contributed by atoms with Crippen molar-refractivity contribution in [2.24, 2.45) is 0 Å². The van der Waals surface area contributed by atoms with Crippen LogP contribution in [-0.4, -0.2) is 37.4 Å². The summed E-state index contributed by atoms with van der Waals surface area (Å²) >= 11 is 1.27. The van der Waals surface area contributed by atoms with Crippen LogP contribution in [0.25, 0.3) is 0 Å². The van der Waals surface area contributed by atoms with E-state index in [4.69, 9.17) is 4.74 Å². The molecule has 2 atom stereocenters. The first-order valence-electron chi connectivity index (χ1n) is 5.83. The molecule has 5 nitrogen and oxygen atoms in total. The number of fused-ring (bicyclic) bond motifs is 2. The number of nitrogens with zero attached hydrogens (tertiary/aromatic N) is 1. The monoisotopic (exact) mass is 287 g/mol. The lowest BCUT2D eigenvalue weighted by molar-refractivity contribution is -0.148. The average molecular weight is 287 g/mol. The Labute approximate surface area is 109 Å². The number of ether oxygens (including phenoxy) is 1. The molecule has 7 heteroatoms. The molecule has 0 amide bonds. The highest BCUT2D eigenvalue weighted by Gasteiger charge is 2.51. The minimum absolute atomic E-state index is 0.261. The number of carbonyl (C=O) groups excluding carboxylic acids is 1. The SMILES string of the molecule is CCc1ccc(S(=O)(=O)N2C[C@H]3C[C@H]2C(=O)O3)s1. The predicted molar refractivity (Wildman–Crippen MR) is 65.9 cm³/mol. The molecule has 2 saturated heterocycles. The summed E-state index contributed by atoms with van der Waals surface area (Å²) in [6, 6.07) is 2.83. The van der Waals surface area contributed by atoms with E-state index in [2.05, 4.69) is 0 Å². The molecule has 98 valence electrons. The van der Waals surface area contributed by atoms with E-state index >= 15 is 0 Å². The number of esters is 1.